The largest absolute Gasteiger partial charge is 0.467 e. The van der Waals surface area contributed by atoms with E-state index in [0.717, 1.165) is 12.7 Å². The zero-order chi connectivity index (χ0) is 25.1. The van der Waals surface area contributed by atoms with Gasteiger partial charge in [-0.05, 0) is 17.9 Å². The number of nitrogens with one attached hydrogen (secondary N) is 2. The number of nitro groups is 1. The van der Waals surface area contributed by atoms with Crippen LogP contribution in [0, 0.1) is 16.0 Å². The summed E-state index contributed by atoms with van der Waals surface area (Å²) in [5.74, 6) is -1.35. The van der Waals surface area contributed by atoms with E-state index in [1.54, 1.807) is 18.2 Å². The fourth-order valence-corrected chi connectivity index (χ4v) is 3.30. The highest BCUT2D eigenvalue weighted by Gasteiger charge is 2.30. The van der Waals surface area contributed by atoms with Gasteiger partial charge in [0.25, 0.3) is 5.69 Å². The fraction of sp³-hybridized carbons (Fsp3) is 0.375. The van der Waals surface area contributed by atoms with Crippen molar-refractivity contribution < 1.29 is 28.8 Å². The summed E-state index contributed by atoms with van der Waals surface area (Å²) in [4.78, 5) is 48.4. The average molecular weight is 472 g/mol. The van der Waals surface area contributed by atoms with E-state index in [9.17, 15) is 24.5 Å². The van der Waals surface area contributed by atoms with Gasteiger partial charge in [-0.3, -0.25) is 14.9 Å². The van der Waals surface area contributed by atoms with Crippen LogP contribution in [0.2, 0.25) is 0 Å². The van der Waals surface area contributed by atoms with E-state index < -0.39 is 35.0 Å². The average Bonchev–Trinajstić information content (AvgIpc) is 2.81. The Morgan fingerprint density at radius 1 is 0.971 bits per heavy atom. The number of hydrogen-bond donors (Lipinski definition) is 2. The van der Waals surface area contributed by atoms with Crippen LogP contribution in [0.4, 0.5) is 10.5 Å². The second kappa shape index (κ2) is 12.9. The molecule has 0 radical (unpaired) electrons. The van der Waals surface area contributed by atoms with E-state index in [1.165, 1.54) is 18.2 Å². The maximum atomic E-state index is 13.0. The van der Waals surface area contributed by atoms with Gasteiger partial charge >= 0.3 is 12.1 Å². The van der Waals surface area contributed by atoms with Gasteiger partial charge in [-0.25, -0.2) is 9.59 Å². The highest BCUT2D eigenvalue weighted by molar-refractivity contribution is 5.89. The van der Waals surface area contributed by atoms with Crippen LogP contribution in [0.15, 0.2) is 54.6 Å². The first-order chi connectivity index (χ1) is 16.2. The molecule has 0 saturated carbocycles. The zero-order valence-electron chi connectivity index (χ0n) is 19.4. The van der Waals surface area contributed by atoms with Gasteiger partial charge in [0.05, 0.1) is 12.0 Å². The predicted octanol–water partition coefficient (Wildman–Crippen LogP) is 3.14. The summed E-state index contributed by atoms with van der Waals surface area (Å²) in [5, 5.41) is 16.4. The minimum absolute atomic E-state index is 0.0329. The van der Waals surface area contributed by atoms with Gasteiger partial charge < -0.3 is 20.1 Å². The number of esters is 1. The number of benzene rings is 2. The summed E-state index contributed by atoms with van der Waals surface area (Å²) in [6.45, 7) is 3.79. The Bertz CT molecular complexity index is 995. The van der Waals surface area contributed by atoms with Gasteiger partial charge in [0, 0.05) is 18.1 Å². The van der Waals surface area contributed by atoms with Gasteiger partial charge in [-0.1, -0.05) is 62.4 Å². The molecule has 2 aromatic rings. The number of amides is 2. The molecule has 2 rings (SSSR count). The third-order valence-electron chi connectivity index (χ3n) is 4.94. The van der Waals surface area contributed by atoms with Crippen LogP contribution in [0.25, 0.3) is 0 Å². The van der Waals surface area contributed by atoms with E-state index in [0.29, 0.717) is 0 Å². The van der Waals surface area contributed by atoms with Crippen LogP contribution in [-0.2, 0) is 32.1 Å². The molecule has 0 aliphatic heterocycles. The fourth-order valence-electron chi connectivity index (χ4n) is 3.30. The Morgan fingerprint density at radius 2 is 1.62 bits per heavy atom. The number of carbonyl (C=O) groups is 3. The van der Waals surface area contributed by atoms with Gasteiger partial charge in [0.2, 0.25) is 5.91 Å². The molecule has 0 unspecified atom stereocenters. The molecule has 2 amide bonds. The third kappa shape index (κ3) is 8.19. The first-order valence-electron chi connectivity index (χ1n) is 10.8. The highest BCUT2D eigenvalue weighted by atomic mass is 16.6. The van der Waals surface area contributed by atoms with Gasteiger partial charge in [-0.2, -0.15) is 0 Å². The number of methoxy groups -OCH3 is 1. The van der Waals surface area contributed by atoms with Gasteiger partial charge in [0.15, 0.2) is 0 Å². The van der Waals surface area contributed by atoms with Gasteiger partial charge in [-0.15, -0.1) is 0 Å². The molecule has 0 spiro atoms. The van der Waals surface area contributed by atoms with Crippen molar-refractivity contribution >= 4 is 23.7 Å². The second-order valence-electron chi connectivity index (χ2n) is 8.06. The standard InChI is InChI=1S/C24H29N3O7/c1-16(2)13-19(26-24(30)34-15-17-9-5-4-6-10-17)22(28)25-20(23(29)33-3)14-18-11-7-8-12-21(18)27(31)32/h4-12,16,19-20H,13-15H2,1-3H3,(H,25,28)(H,26,30)/t19-,20-/m0/s1. The molecule has 0 fully saturated rings. The van der Waals surface area contributed by atoms with E-state index in [4.69, 9.17) is 9.47 Å². The third-order valence-corrected chi connectivity index (χ3v) is 4.94. The molecule has 10 heteroatoms. The summed E-state index contributed by atoms with van der Waals surface area (Å²) >= 11 is 0. The van der Waals surface area contributed by atoms with Crippen molar-refractivity contribution in [3.05, 3.63) is 75.8 Å². The van der Waals surface area contributed by atoms with E-state index in [2.05, 4.69) is 10.6 Å². The van der Waals surface area contributed by atoms with E-state index in [-0.39, 0.29) is 36.6 Å². The van der Waals surface area contributed by atoms with Crippen molar-refractivity contribution in [3.63, 3.8) is 0 Å². The minimum Gasteiger partial charge on any atom is -0.467 e. The molecule has 0 saturated heterocycles. The van der Waals surface area contributed by atoms with Crippen LogP contribution in [0.1, 0.15) is 31.4 Å². The predicted molar refractivity (Wildman–Crippen MR) is 124 cm³/mol. The molecule has 10 nitrogen and oxygen atoms in total. The smallest absolute Gasteiger partial charge is 0.408 e. The molecule has 2 atom stereocenters. The lowest BCUT2D eigenvalue weighted by atomic mass is 10.0. The van der Waals surface area contributed by atoms with Gasteiger partial charge in [0.1, 0.15) is 18.7 Å². The van der Waals surface area contributed by atoms with Crippen molar-refractivity contribution in [3.8, 4) is 0 Å². The lowest BCUT2D eigenvalue weighted by Gasteiger charge is -2.23. The highest BCUT2D eigenvalue weighted by Crippen LogP contribution is 2.20. The van der Waals surface area contributed by atoms with Crippen molar-refractivity contribution in [1.29, 1.82) is 0 Å². The lowest BCUT2D eigenvalue weighted by molar-refractivity contribution is -0.385. The van der Waals surface area contributed by atoms with Crippen molar-refractivity contribution in [2.24, 2.45) is 5.92 Å². The van der Waals surface area contributed by atoms with E-state index in [1.807, 2.05) is 32.0 Å². The number of alkyl carbamates (subject to hydrolysis) is 1. The molecule has 2 aromatic carbocycles. The van der Waals surface area contributed by atoms with Crippen LogP contribution in [0.3, 0.4) is 0 Å². The Balaban J connectivity index is 2.11. The number of nitro benzene ring substituents is 1. The van der Waals surface area contributed by atoms with E-state index >= 15 is 0 Å². The molecule has 0 heterocycles. The number of ether oxygens (including phenoxy) is 2. The molecular formula is C24H29N3O7. The monoisotopic (exact) mass is 471 g/mol. The summed E-state index contributed by atoms with van der Waals surface area (Å²) in [5.41, 5.74) is 0.878. The molecule has 34 heavy (non-hydrogen) atoms. The number of nitrogens with zero attached hydrogens (tertiary/aromatic N) is 1. The zero-order valence-corrected chi connectivity index (χ0v) is 19.4. The van der Waals surface area contributed by atoms with Crippen molar-refractivity contribution in [2.75, 3.05) is 7.11 Å². The molecule has 182 valence electrons. The molecular weight excluding hydrogens is 442 g/mol. The van der Waals surface area contributed by atoms with Crippen molar-refractivity contribution in [1.82, 2.24) is 10.6 Å². The second-order valence-corrected chi connectivity index (χ2v) is 8.06. The molecule has 0 aliphatic rings. The summed E-state index contributed by atoms with van der Waals surface area (Å²) in [7, 11) is 1.16. The van der Waals surface area contributed by atoms with Crippen molar-refractivity contribution in [2.45, 2.75) is 45.4 Å². The van der Waals surface area contributed by atoms with Crippen LogP contribution >= 0.6 is 0 Å². The lowest BCUT2D eigenvalue weighted by Crippen LogP contribution is -2.53. The summed E-state index contributed by atoms with van der Waals surface area (Å²) < 4.78 is 9.98. The number of para-hydroxylation sites is 1. The normalized spacial score (nSPS) is 12.4. The Kier molecular flexibility index (Phi) is 10.0. The summed E-state index contributed by atoms with van der Waals surface area (Å²) in [6, 6.07) is 12.8. The molecule has 0 aliphatic carbocycles. The number of rotatable bonds is 11. The topological polar surface area (TPSA) is 137 Å². The van der Waals surface area contributed by atoms with Crippen LogP contribution in [-0.4, -0.2) is 42.1 Å². The molecule has 2 N–H and O–H groups in total. The Labute approximate surface area is 197 Å². The first kappa shape index (κ1) is 26.3. The SMILES string of the molecule is COC(=O)[C@H](Cc1ccccc1[N+](=O)[O-])NC(=O)[C@H](CC(C)C)NC(=O)OCc1ccccc1. The minimum atomic E-state index is -1.18. The quantitative estimate of drug-likeness (QED) is 0.292. The Hall–Kier alpha value is -3.95. The Morgan fingerprint density at radius 3 is 2.24 bits per heavy atom. The maximum Gasteiger partial charge on any atom is 0.408 e. The maximum absolute atomic E-state index is 13.0. The van der Waals surface area contributed by atoms with Crippen LogP contribution in [0.5, 0.6) is 0 Å². The first-order valence-corrected chi connectivity index (χ1v) is 10.8. The molecule has 0 aromatic heterocycles. The van der Waals surface area contributed by atoms with Crippen LogP contribution < -0.4 is 10.6 Å². The summed E-state index contributed by atoms with van der Waals surface area (Å²) in [6.07, 6.45) is -0.647. The number of hydrogen-bond acceptors (Lipinski definition) is 7. The molecule has 0 bridgehead atoms. The number of carbonyl (C=O) groups excluding carboxylic acids is 3.